The van der Waals surface area contributed by atoms with Gasteiger partial charge in [-0.1, -0.05) is 25.1 Å². The van der Waals surface area contributed by atoms with Gasteiger partial charge in [0.1, 0.15) is 0 Å². The van der Waals surface area contributed by atoms with Gasteiger partial charge in [0.05, 0.1) is 6.20 Å². The number of fused-ring (bicyclic) bond motifs is 1. The highest BCUT2D eigenvalue weighted by molar-refractivity contribution is 5.81. The van der Waals surface area contributed by atoms with Crippen molar-refractivity contribution in [2.45, 2.75) is 26.7 Å². The lowest BCUT2D eigenvalue weighted by Gasteiger charge is -2.09. The molecular formula is C11H13NO. The van der Waals surface area contributed by atoms with Crippen LogP contribution in [0.1, 0.15) is 30.9 Å². The summed E-state index contributed by atoms with van der Waals surface area (Å²) in [4.78, 5) is 0. The van der Waals surface area contributed by atoms with Crippen LogP contribution >= 0.6 is 0 Å². The molecular weight excluding hydrogens is 162 g/mol. The van der Waals surface area contributed by atoms with Crippen molar-refractivity contribution < 1.29 is 4.52 Å². The predicted molar refractivity (Wildman–Crippen MR) is 52.8 cm³/mol. The summed E-state index contributed by atoms with van der Waals surface area (Å²) in [7, 11) is 0. The van der Waals surface area contributed by atoms with Gasteiger partial charge in [0.15, 0.2) is 5.58 Å². The van der Waals surface area contributed by atoms with Gasteiger partial charge < -0.3 is 4.52 Å². The van der Waals surface area contributed by atoms with Crippen LogP contribution in [-0.4, -0.2) is 5.16 Å². The standard InChI is InChI=1S/C11H13NO/c1-7(2)11-8(3)4-5-10-9(11)6-12-13-10/h4-7H,1-3H3. The zero-order valence-corrected chi connectivity index (χ0v) is 8.16. The maximum atomic E-state index is 5.11. The fourth-order valence-corrected chi connectivity index (χ4v) is 1.84. The van der Waals surface area contributed by atoms with Crippen LogP contribution < -0.4 is 0 Å². The maximum absolute atomic E-state index is 5.11. The lowest BCUT2D eigenvalue weighted by Crippen LogP contribution is -1.91. The van der Waals surface area contributed by atoms with E-state index in [0.717, 1.165) is 11.0 Å². The number of rotatable bonds is 1. The van der Waals surface area contributed by atoms with E-state index in [1.807, 2.05) is 6.07 Å². The molecule has 0 fully saturated rings. The Balaban J connectivity index is 2.80. The molecule has 2 aromatic rings. The number of aromatic nitrogens is 1. The molecule has 0 atom stereocenters. The Morgan fingerprint density at radius 2 is 2.08 bits per heavy atom. The molecule has 2 heteroatoms. The number of aryl methyl sites for hydroxylation is 1. The van der Waals surface area contributed by atoms with E-state index in [1.165, 1.54) is 11.1 Å². The first-order valence-corrected chi connectivity index (χ1v) is 4.54. The second-order valence-corrected chi connectivity index (χ2v) is 3.69. The SMILES string of the molecule is Cc1ccc2oncc2c1C(C)C. The summed E-state index contributed by atoms with van der Waals surface area (Å²) >= 11 is 0. The maximum Gasteiger partial charge on any atom is 0.167 e. The van der Waals surface area contributed by atoms with Crippen LogP contribution in [0.5, 0.6) is 0 Å². The average molecular weight is 175 g/mol. The summed E-state index contributed by atoms with van der Waals surface area (Å²) in [6.07, 6.45) is 1.80. The van der Waals surface area contributed by atoms with Crippen molar-refractivity contribution in [2.75, 3.05) is 0 Å². The summed E-state index contributed by atoms with van der Waals surface area (Å²) in [5.74, 6) is 0.517. The van der Waals surface area contributed by atoms with Crippen LogP contribution in [0.2, 0.25) is 0 Å². The molecule has 0 bridgehead atoms. The van der Waals surface area contributed by atoms with E-state index in [1.54, 1.807) is 6.20 Å². The zero-order chi connectivity index (χ0) is 9.42. The molecule has 1 aromatic heterocycles. The Bertz CT molecular complexity index is 429. The molecule has 0 saturated carbocycles. The second kappa shape index (κ2) is 2.87. The third kappa shape index (κ3) is 1.22. The smallest absolute Gasteiger partial charge is 0.167 e. The third-order valence-corrected chi connectivity index (χ3v) is 2.38. The molecule has 68 valence electrons. The van der Waals surface area contributed by atoms with Crippen LogP contribution in [0.25, 0.3) is 11.0 Å². The molecule has 0 aliphatic heterocycles. The third-order valence-electron chi connectivity index (χ3n) is 2.38. The second-order valence-electron chi connectivity index (χ2n) is 3.69. The van der Waals surface area contributed by atoms with Gasteiger partial charge in [-0.3, -0.25) is 0 Å². The van der Waals surface area contributed by atoms with Gasteiger partial charge >= 0.3 is 0 Å². The Labute approximate surface area is 77.5 Å². The lowest BCUT2D eigenvalue weighted by atomic mass is 9.95. The van der Waals surface area contributed by atoms with E-state index in [-0.39, 0.29) is 0 Å². The lowest BCUT2D eigenvalue weighted by molar-refractivity contribution is 0.456. The van der Waals surface area contributed by atoms with Crippen LogP contribution in [0.4, 0.5) is 0 Å². The first kappa shape index (κ1) is 8.30. The van der Waals surface area contributed by atoms with Gasteiger partial charge in [0.25, 0.3) is 0 Å². The summed E-state index contributed by atoms with van der Waals surface area (Å²) in [6, 6.07) is 4.06. The molecule has 0 amide bonds. The Kier molecular flexibility index (Phi) is 1.83. The van der Waals surface area contributed by atoms with E-state index in [2.05, 4.69) is 32.0 Å². The molecule has 0 N–H and O–H groups in total. The highest BCUT2D eigenvalue weighted by Gasteiger charge is 2.10. The molecule has 0 aliphatic carbocycles. The topological polar surface area (TPSA) is 26.0 Å². The van der Waals surface area contributed by atoms with E-state index in [4.69, 9.17) is 4.52 Å². The van der Waals surface area contributed by atoms with Gasteiger partial charge in [-0.2, -0.15) is 0 Å². The quantitative estimate of drug-likeness (QED) is 0.664. The Hall–Kier alpha value is -1.31. The van der Waals surface area contributed by atoms with Crippen LogP contribution in [-0.2, 0) is 0 Å². The van der Waals surface area contributed by atoms with Crippen molar-refractivity contribution in [1.29, 1.82) is 0 Å². The van der Waals surface area contributed by atoms with Gasteiger partial charge in [0.2, 0.25) is 0 Å². The van der Waals surface area contributed by atoms with E-state index in [0.29, 0.717) is 5.92 Å². The van der Waals surface area contributed by atoms with Gasteiger partial charge in [-0.05, 0) is 30.0 Å². The van der Waals surface area contributed by atoms with E-state index < -0.39 is 0 Å². The van der Waals surface area contributed by atoms with E-state index in [9.17, 15) is 0 Å². The molecule has 2 nitrogen and oxygen atoms in total. The molecule has 0 aliphatic rings. The van der Waals surface area contributed by atoms with Crippen LogP contribution in [0.15, 0.2) is 22.9 Å². The number of nitrogens with zero attached hydrogens (tertiary/aromatic N) is 1. The molecule has 1 aromatic carbocycles. The number of hydrogen-bond acceptors (Lipinski definition) is 2. The number of benzene rings is 1. The monoisotopic (exact) mass is 175 g/mol. The summed E-state index contributed by atoms with van der Waals surface area (Å²) < 4.78 is 5.11. The molecule has 0 unspecified atom stereocenters. The Morgan fingerprint density at radius 1 is 1.31 bits per heavy atom. The normalized spacial score (nSPS) is 11.4. The highest BCUT2D eigenvalue weighted by atomic mass is 16.5. The van der Waals surface area contributed by atoms with Crippen molar-refractivity contribution in [3.05, 3.63) is 29.5 Å². The molecule has 0 radical (unpaired) electrons. The zero-order valence-electron chi connectivity index (χ0n) is 8.16. The minimum Gasteiger partial charge on any atom is -0.356 e. The van der Waals surface area contributed by atoms with Crippen LogP contribution in [0.3, 0.4) is 0 Å². The van der Waals surface area contributed by atoms with Crippen LogP contribution in [0, 0.1) is 6.92 Å². The fourth-order valence-electron chi connectivity index (χ4n) is 1.84. The minimum atomic E-state index is 0.517. The molecule has 0 spiro atoms. The largest absolute Gasteiger partial charge is 0.356 e. The molecule has 13 heavy (non-hydrogen) atoms. The molecule has 2 rings (SSSR count). The predicted octanol–water partition coefficient (Wildman–Crippen LogP) is 3.26. The first-order chi connectivity index (χ1) is 6.20. The summed E-state index contributed by atoms with van der Waals surface area (Å²) in [6.45, 7) is 6.51. The van der Waals surface area contributed by atoms with Crippen molar-refractivity contribution in [3.8, 4) is 0 Å². The van der Waals surface area contributed by atoms with Gasteiger partial charge in [-0.25, -0.2) is 0 Å². The first-order valence-electron chi connectivity index (χ1n) is 4.54. The minimum absolute atomic E-state index is 0.517. The van der Waals surface area contributed by atoms with Gasteiger partial charge in [0, 0.05) is 5.39 Å². The number of hydrogen-bond donors (Lipinski definition) is 0. The highest BCUT2D eigenvalue weighted by Crippen LogP contribution is 2.28. The van der Waals surface area contributed by atoms with E-state index >= 15 is 0 Å². The van der Waals surface area contributed by atoms with Gasteiger partial charge in [-0.15, -0.1) is 0 Å². The molecule has 1 heterocycles. The van der Waals surface area contributed by atoms with Crippen molar-refractivity contribution >= 4 is 11.0 Å². The van der Waals surface area contributed by atoms with Crippen molar-refractivity contribution in [2.24, 2.45) is 0 Å². The Morgan fingerprint density at radius 3 is 2.77 bits per heavy atom. The fraction of sp³-hybridized carbons (Fsp3) is 0.364. The molecule has 0 saturated heterocycles. The van der Waals surface area contributed by atoms with Crippen molar-refractivity contribution in [3.63, 3.8) is 0 Å². The summed E-state index contributed by atoms with van der Waals surface area (Å²) in [5, 5.41) is 4.96. The average Bonchev–Trinajstić information content (AvgIpc) is 2.50. The summed E-state index contributed by atoms with van der Waals surface area (Å²) in [5.41, 5.74) is 3.54. The van der Waals surface area contributed by atoms with Crippen molar-refractivity contribution in [1.82, 2.24) is 5.16 Å².